The van der Waals surface area contributed by atoms with E-state index in [4.69, 9.17) is 4.98 Å². The number of thiophene rings is 1. The van der Waals surface area contributed by atoms with Crippen LogP contribution in [0.4, 0.5) is 0 Å². The quantitative estimate of drug-likeness (QED) is 0.482. The normalized spacial score (nSPS) is 14.4. The smallest absolute Gasteiger partial charge is 0.260 e. The molecule has 32 heavy (non-hydrogen) atoms. The Hall–Kier alpha value is -3.52. The van der Waals surface area contributed by atoms with Crippen molar-refractivity contribution < 1.29 is 4.79 Å². The fourth-order valence-corrected chi connectivity index (χ4v) is 5.06. The van der Waals surface area contributed by atoms with Crippen LogP contribution in [0, 0.1) is 13.8 Å². The van der Waals surface area contributed by atoms with Crippen LogP contribution >= 0.6 is 11.3 Å². The van der Waals surface area contributed by atoms with Crippen molar-refractivity contribution >= 4 is 39.1 Å². The summed E-state index contributed by atoms with van der Waals surface area (Å²) in [5.41, 5.74) is 2.98. The molecule has 1 aliphatic rings. The number of aromatic nitrogens is 4. The Bertz CT molecular complexity index is 1370. The molecule has 0 atom stereocenters. The van der Waals surface area contributed by atoms with E-state index in [-0.39, 0.29) is 11.5 Å². The topological polar surface area (TPSA) is 83.9 Å². The highest BCUT2D eigenvalue weighted by molar-refractivity contribution is 7.18. The van der Waals surface area contributed by atoms with Gasteiger partial charge in [-0.05, 0) is 56.0 Å². The lowest BCUT2D eigenvalue weighted by Gasteiger charge is -2.17. The summed E-state index contributed by atoms with van der Waals surface area (Å²) < 4.78 is 1.91. The van der Waals surface area contributed by atoms with Crippen LogP contribution in [0.15, 0.2) is 47.8 Å². The lowest BCUT2D eigenvalue weighted by atomic mass is 10.1. The number of amides is 1. The van der Waals surface area contributed by atoms with E-state index in [1.165, 1.54) is 11.3 Å². The zero-order chi connectivity index (χ0) is 22.2. The third-order valence-corrected chi connectivity index (χ3v) is 7.03. The number of H-pyrrole nitrogens is 1. The molecule has 1 saturated heterocycles. The molecule has 0 bridgehead atoms. The van der Waals surface area contributed by atoms with Gasteiger partial charge >= 0.3 is 0 Å². The van der Waals surface area contributed by atoms with Gasteiger partial charge in [0.25, 0.3) is 11.5 Å². The van der Waals surface area contributed by atoms with E-state index in [1.54, 1.807) is 12.5 Å². The average Bonchev–Trinajstić information content (AvgIpc) is 3.55. The Morgan fingerprint density at radius 3 is 2.59 bits per heavy atom. The van der Waals surface area contributed by atoms with Gasteiger partial charge in [-0.1, -0.05) is 12.1 Å². The number of carbonyl (C=O) groups excluding carboxylic acids is 1. The van der Waals surface area contributed by atoms with Crippen molar-refractivity contribution in [3.63, 3.8) is 0 Å². The fourth-order valence-electron chi connectivity index (χ4n) is 4.03. The molecule has 0 aliphatic carbocycles. The van der Waals surface area contributed by atoms with E-state index < -0.39 is 0 Å². The third kappa shape index (κ3) is 3.67. The molecule has 7 nitrogen and oxygen atoms in total. The van der Waals surface area contributed by atoms with E-state index in [0.29, 0.717) is 21.6 Å². The first-order valence-electron chi connectivity index (χ1n) is 10.6. The van der Waals surface area contributed by atoms with Gasteiger partial charge in [-0.3, -0.25) is 9.59 Å². The predicted octanol–water partition coefficient (Wildman–Crippen LogP) is 3.95. The molecule has 3 aromatic heterocycles. The average molecular weight is 446 g/mol. The van der Waals surface area contributed by atoms with Gasteiger partial charge in [0.05, 0.1) is 17.3 Å². The summed E-state index contributed by atoms with van der Waals surface area (Å²) in [5, 5.41) is 0.605. The number of fused-ring (bicyclic) bond motifs is 1. The van der Waals surface area contributed by atoms with Crippen molar-refractivity contribution in [2.45, 2.75) is 26.7 Å². The first-order chi connectivity index (χ1) is 15.5. The Morgan fingerprint density at radius 1 is 1.16 bits per heavy atom. The van der Waals surface area contributed by atoms with Crippen molar-refractivity contribution in [2.75, 3.05) is 13.1 Å². The van der Waals surface area contributed by atoms with E-state index in [1.807, 2.05) is 59.9 Å². The minimum Gasteiger partial charge on any atom is -0.339 e. The van der Waals surface area contributed by atoms with Gasteiger partial charge in [0, 0.05) is 36.0 Å². The van der Waals surface area contributed by atoms with Gasteiger partial charge in [-0.25, -0.2) is 9.97 Å². The van der Waals surface area contributed by atoms with Crippen LogP contribution in [0.3, 0.4) is 0 Å². The molecule has 0 spiro atoms. The summed E-state index contributed by atoms with van der Waals surface area (Å²) in [6.45, 7) is 5.35. The lowest BCUT2D eigenvalue weighted by molar-refractivity contribution is -0.123. The van der Waals surface area contributed by atoms with Crippen molar-refractivity contribution in [1.82, 2.24) is 24.4 Å². The highest BCUT2D eigenvalue weighted by Crippen LogP contribution is 2.28. The number of imidazole rings is 1. The Labute approximate surface area is 189 Å². The first kappa shape index (κ1) is 20.4. The van der Waals surface area contributed by atoms with Crippen molar-refractivity contribution in [1.29, 1.82) is 0 Å². The molecular formula is C24H23N5O2S. The summed E-state index contributed by atoms with van der Waals surface area (Å²) >= 11 is 1.48. The largest absolute Gasteiger partial charge is 0.339 e. The summed E-state index contributed by atoms with van der Waals surface area (Å²) in [6.07, 6.45) is 9.14. The highest BCUT2D eigenvalue weighted by atomic mass is 32.1. The van der Waals surface area contributed by atoms with E-state index in [9.17, 15) is 9.59 Å². The van der Waals surface area contributed by atoms with Gasteiger partial charge in [-0.2, -0.15) is 0 Å². The lowest BCUT2D eigenvalue weighted by Crippen LogP contribution is -2.29. The number of nitrogens with zero attached hydrogens (tertiary/aromatic N) is 4. The maximum atomic E-state index is 13.4. The van der Waals surface area contributed by atoms with Crippen LogP contribution in [0.1, 0.15) is 34.7 Å². The number of aryl methyl sites for hydroxylation is 2. The Balaban J connectivity index is 1.60. The molecule has 4 heterocycles. The minimum absolute atomic E-state index is 0.103. The maximum absolute atomic E-state index is 13.4. The molecule has 1 amide bonds. The number of aromatic amines is 1. The molecule has 1 fully saturated rings. The molecule has 1 aromatic carbocycles. The molecule has 0 unspecified atom stereocenters. The number of hydrogen-bond donors (Lipinski definition) is 1. The van der Waals surface area contributed by atoms with Crippen LogP contribution in [0.25, 0.3) is 27.6 Å². The molecular weight excluding hydrogens is 422 g/mol. The minimum atomic E-state index is -0.206. The van der Waals surface area contributed by atoms with Crippen LogP contribution in [0.2, 0.25) is 0 Å². The summed E-state index contributed by atoms with van der Waals surface area (Å²) in [6, 6.07) is 7.83. The van der Waals surface area contributed by atoms with Crippen LogP contribution in [-0.2, 0) is 4.79 Å². The first-order valence-corrected chi connectivity index (χ1v) is 11.4. The number of hydrogen-bond acceptors (Lipinski definition) is 5. The van der Waals surface area contributed by atoms with E-state index in [2.05, 4.69) is 9.97 Å². The fraction of sp³-hybridized carbons (Fsp3) is 0.250. The number of benzene rings is 1. The Kier molecular flexibility index (Phi) is 5.22. The van der Waals surface area contributed by atoms with Gasteiger partial charge in [0.15, 0.2) is 0 Å². The van der Waals surface area contributed by atoms with Gasteiger partial charge in [-0.15, -0.1) is 11.3 Å². The summed E-state index contributed by atoms with van der Waals surface area (Å²) in [7, 11) is 0. The zero-order valence-corrected chi connectivity index (χ0v) is 18.8. The summed E-state index contributed by atoms with van der Waals surface area (Å²) in [5.74, 6) is 0.216. The number of nitrogens with one attached hydrogen (secondary N) is 1. The standard InChI is InChI=1S/C24H23N5O2S/c1-15-16(2)32-23-20(15)22(30)26-21(27-23)19(24(31)28-10-3-4-11-28)13-17-5-7-18(8-6-17)29-12-9-25-14-29/h5-9,12-14H,3-4,10-11H2,1-2H3,(H,26,27,30). The molecule has 1 N–H and O–H groups in total. The number of rotatable bonds is 4. The molecule has 4 aromatic rings. The molecule has 5 rings (SSSR count). The molecule has 0 saturated carbocycles. The molecule has 0 radical (unpaired) electrons. The molecule has 162 valence electrons. The van der Waals surface area contributed by atoms with Gasteiger partial charge in [0.2, 0.25) is 0 Å². The second-order valence-corrected chi connectivity index (χ2v) is 9.20. The second kappa shape index (κ2) is 8.20. The Morgan fingerprint density at radius 2 is 1.91 bits per heavy atom. The van der Waals surface area contributed by atoms with Crippen LogP contribution in [0.5, 0.6) is 0 Å². The van der Waals surface area contributed by atoms with E-state index >= 15 is 0 Å². The third-order valence-electron chi connectivity index (χ3n) is 5.92. The van der Waals surface area contributed by atoms with Crippen molar-refractivity contribution in [3.05, 3.63) is 75.2 Å². The summed E-state index contributed by atoms with van der Waals surface area (Å²) in [4.78, 5) is 41.5. The second-order valence-electron chi connectivity index (χ2n) is 8.00. The number of likely N-dealkylation sites (tertiary alicyclic amines) is 1. The van der Waals surface area contributed by atoms with Gasteiger partial charge < -0.3 is 14.5 Å². The number of carbonyl (C=O) groups is 1. The predicted molar refractivity (Wildman–Crippen MR) is 127 cm³/mol. The van der Waals surface area contributed by atoms with Crippen LogP contribution in [-0.4, -0.2) is 43.4 Å². The monoisotopic (exact) mass is 445 g/mol. The van der Waals surface area contributed by atoms with Crippen molar-refractivity contribution in [2.24, 2.45) is 0 Å². The van der Waals surface area contributed by atoms with Crippen LogP contribution < -0.4 is 5.56 Å². The maximum Gasteiger partial charge on any atom is 0.260 e. The van der Waals surface area contributed by atoms with Gasteiger partial charge in [0.1, 0.15) is 10.7 Å². The van der Waals surface area contributed by atoms with E-state index in [0.717, 1.165) is 47.6 Å². The highest BCUT2D eigenvalue weighted by Gasteiger charge is 2.25. The van der Waals surface area contributed by atoms with Crippen molar-refractivity contribution in [3.8, 4) is 5.69 Å². The molecule has 1 aliphatic heterocycles. The SMILES string of the molecule is Cc1sc2nc(C(=Cc3ccc(-n4ccnc4)cc3)C(=O)N3CCCC3)[nH]c(=O)c2c1C. The zero-order valence-electron chi connectivity index (χ0n) is 18.0. The molecule has 8 heteroatoms.